The summed E-state index contributed by atoms with van der Waals surface area (Å²) in [4.78, 5) is 11.1. The number of rotatable bonds is 3. The van der Waals surface area contributed by atoms with Crippen molar-refractivity contribution < 1.29 is 14.3 Å². The second-order valence-corrected chi connectivity index (χ2v) is 6.04. The van der Waals surface area contributed by atoms with Crippen molar-refractivity contribution in [1.29, 1.82) is 0 Å². The minimum Gasteiger partial charge on any atom is -0.465 e. The molecular formula is C16H24O3. The van der Waals surface area contributed by atoms with Gasteiger partial charge in [-0.3, -0.25) is 4.79 Å². The molecule has 2 rings (SSSR count). The Bertz CT molecular complexity index is 412. The minimum atomic E-state index is -0.220. The molecule has 0 aromatic heterocycles. The van der Waals surface area contributed by atoms with Crippen molar-refractivity contribution in [2.24, 2.45) is 23.2 Å². The van der Waals surface area contributed by atoms with Gasteiger partial charge in [-0.1, -0.05) is 31.6 Å². The average molecular weight is 264 g/mol. The SMILES string of the molecule is C=C[C@@H]1OC[C@@]2(COC(C)=O)[C@@H](C)C=C(C)[C@H]1[C@@H]2C. The number of esters is 1. The number of ether oxygens (including phenoxy) is 2. The number of hydrogen-bond donors (Lipinski definition) is 0. The second kappa shape index (κ2) is 5.12. The molecule has 19 heavy (non-hydrogen) atoms. The molecule has 0 amide bonds. The summed E-state index contributed by atoms with van der Waals surface area (Å²) in [5, 5.41) is 0. The summed E-state index contributed by atoms with van der Waals surface area (Å²) >= 11 is 0. The topological polar surface area (TPSA) is 35.5 Å². The lowest BCUT2D eigenvalue weighted by molar-refractivity contribution is -0.171. The number of carbonyl (C=O) groups excluding carboxylic acids is 1. The van der Waals surface area contributed by atoms with Crippen LogP contribution in [0.4, 0.5) is 0 Å². The predicted molar refractivity (Wildman–Crippen MR) is 74.6 cm³/mol. The van der Waals surface area contributed by atoms with Crippen LogP contribution in [0, 0.1) is 23.2 Å². The Morgan fingerprint density at radius 2 is 2.32 bits per heavy atom. The summed E-state index contributed by atoms with van der Waals surface area (Å²) in [5.41, 5.74) is 1.26. The maximum absolute atomic E-state index is 11.1. The highest BCUT2D eigenvalue weighted by atomic mass is 16.5. The van der Waals surface area contributed by atoms with Crippen LogP contribution in [0.3, 0.4) is 0 Å². The molecule has 0 aromatic carbocycles. The van der Waals surface area contributed by atoms with E-state index in [-0.39, 0.29) is 17.5 Å². The largest absolute Gasteiger partial charge is 0.465 e. The lowest BCUT2D eigenvalue weighted by atomic mass is 9.56. The standard InChI is InChI=1S/C16H24O3/c1-6-14-15-10(2)7-11(3)16(9-19-14,12(15)4)8-18-13(5)17/h6-7,11-12,14-15H,1,8-9H2,2-5H3/t11-,12-,14-,15-,16-/m0/s1. The van der Waals surface area contributed by atoms with Crippen molar-refractivity contribution in [3.63, 3.8) is 0 Å². The van der Waals surface area contributed by atoms with E-state index in [9.17, 15) is 4.79 Å². The van der Waals surface area contributed by atoms with E-state index in [1.54, 1.807) is 0 Å². The fourth-order valence-corrected chi connectivity index (χ4v) is 3.75. The summed E-state index contributed by atoms with van der Waals surface area (Å²) in [6.07, 6.45) is 4.28. The maximum atomic E-state index is 11.1. The number of hydrogen-bond acceptors (Lipinski definition) is 3. The zero-order chi connectivity index (χ0) is 14.2. The number of fused-ring (bicyclic) bond motifs is 2. The molecule has 1 heterocycles. The predicted octanol–water partition coefficient (Wildman–Crippen LogP) is 2.97. The molecule has 5 atom stereocenters. The summed E-state index contributed by atoms with van der Waals surface area (Å²) in [5.74, 6) is 0.896. The van der Waals surface area contributed by atoms with E-state index < -0.39 is 0 Å². The zero-order valence-corrected chi connectivity index (χ0v) is 12.3. The molecule has 1 saturated heterocycles. The first-order valence-electron chi connectivity index (χ1n) is 6.98. The molecule has 3 nitrogen and oxygen atoms in total. The van der Waals surface area contributed by atoms with Gasteiger partial charge in [0.15, 0.2) is 0 Å². The van der Waals surface area contributed by atoms with Crippen molar-refractivity contribution in [3.05, 3.63) is 24.3 Å². The van der Waals surface area contributed by atoms with Crippen LogP contribution in [0.1, 0.15) is 27.7 Å². The van der Waals surface area contributed by atoms with Gasteiger partial charge in [-0.05, 0) is 18.8 Å². The van der Waals surface area contributed by atoms with Gasteiger partial charge in [0.2, 0.25) is 0 Å². The van der Waals surface area contributed by atoms with Gasteiger partial charge >= 0.3 is 5.97 Å². The highest BCUT2D eigenvalue weighted by Crippen LogP contribution is 2.52. The van der Waals surface area contributed by atoms with Gasteiger partial charge in [0.25, 0.3) is 0 Å². The molecule has 0 saturated carbocycles. The highest BCUT2D eigenvalue weighted by Gasteiger charge is 2.53. The molecule has 1 aliphatic carbocycles. The molecule has 1 aliphatic heterocycles. The van der Waals surface area contributed by atoms with Crippen LogP contribution in [0.25, 0.3) is 0 Å². The Morgan fingerprint density at radius 1 is 1.63 bits per heavy atom. The Balaban J connectivity index is 2.33. The number of carbonyl (C=O) groups is 1. The van der Waals surface area contributed by atoms with E-state index in [0.717, 1.165) is 0 Å². The van der Waals surface area contributed by atoms with Crippen LogP contribution in [-0.2, 0) is 14.3 Å². The first-order chi connectivity index (χ1) is 8.92. The lowest BCUT2D eigenvalue weighted by Gasteiger charge is -2.54. The summed E-state index contributed by atoms with van der Waals surface area (Å²) in [6.45, 7) is 13.0. The third kappa shape index (κ3) is 2.25. The Morgan fingerprint density at radius 3 is 2.89 bits per heavy atom. The Kier molecular flexibility index (Phi) is 3.86. The van der Waals surface area contributed by atoms with E-state index in [4.69, 9.17) is 9.47 Å². The summed E-state index contributed by atoms with van der Waals surface area (Å²) < 4.78 is 11.3. The van der Waals surface area contributed by atoms with Gasteiger partial charge in [0.1, 0.15) is 0 Å². The van der Waals surface area contributed by atoms with Crippen LogP contribution >= 0.6 is 0 Å². The smallest absolute Gasteiger partial charge is 0.302 e. The van der Waals surface area contributed by atoms with Crippen LogP contribution < -0.4 is 0 Å². The summed E-state index contributed by atoms with van der Waals surface area (Å²) in [7, 11) is 0. The van der Waals surface area contributed by atoms with Crippen molar-refractivity contribution in [3.8, 4) is 0 Å². The van der Waals surface area contributed by atoms with E-state index >= 15 is 0 Å². The van der Waals surface area contributed by atoms with Gasteiger partial charge in [-0.25, -0.2) is 0 Å². The van der Waals surface area contributed by atoms with Crippen molar-refractivity contribution >= 4 is 5.97 Å². The molecule has 2 bridgehead atoms. The summed E-state index contributed by atoms with van der Waals surface area (Å²) in [6, 6.07) is 0. The van der Waals surface area contributed by atoms with Gasteiger partial charge in [-0.2, -0.15) is 0 Å². The zero-order valence-electron chi connectivity index (χ0n) is 12.3. The molecular weight excluding hydrogens is 240 g/mol. The van der Waals surface area contributed by atoms with Gasteiger partial charge < -0.3 is 9.47 Å². The van der Waals surface area contributed by atoms with Crippen LogP contribution in [0.15, 0.2) is 24.3 Å². The van der Waals surface area contributed by atoms with Crippen LogP contribution in [-0.4, -0.2) is 25.3 Å². The normalized spacial score (nSPS) is 41.4. The first kappa shape index (κ1) is 14.3. The first-order valence-corrected chi connectivity index (χ1v) is 6.98. The van der Waals surface area contributed by atoms with E-state index in [0.29, 0.717) is 31.0 Å². The van der Waals surface area contributed by atoms with Crippen molar-refractivity contribution in [1.82, 2.24) is 0 Å². The third-order valence-electron chi connectivity index (χ3n) is 5.07. The monoisotopic (exact) mass is 264 g/mol. The Hall–Kier alpha value is -1.09. The molecule has 0 aromatic rings. The number of allylic oxidation sites excluding steroid dienone is 1. The quantitative estimate of drug-likeness (QED) is 0.580. The maximum Gasteiger partial charge on any atom is 0.302 e. The molecule has 0 radical (unpaired) electrons. The fraction of sp³-hybridized carbons (Fsp3) is 0.688. The highest BCUT2D eigenvalue weighted by molar-refractivity contribution is 5.65. The minimum absolute atomic E-state index is 0.0733. The van der Waals surface area contributed by atoms with E-state index in [1.165, 1.54) is 12.5 Å². The van der Waals surface area contributed by atoms with Gasteiger partial charge in [-0.15, -0.1) is 6.58 Å². The van der Waals surface area contributed by atoms with Gasteiger partial charge in [0, 0.05) is 18.3 Å². The van der Waals surface area contributed by atoms with E-state index in [1.807, 2.05) is 6.08 Å². The van der Waals surface area contributed by atoms with Crippen molar-refractivity contribution in [2.45, 2.75) is 33.8 Å². The molecule has 106 valence electrons. The third-order valence-corrected chi connectivity index (χ3v) is 5.07. The van der Waals surface area contributed by atoms with E-state index in [2.05, 4.69) is 33.4 Å². The lowest BCUT2D eigenvalue weighted by Crippen LogP contribution is -2.56. The molecule has 2 aliphatic rings. The molecule has 1 fully saturated rings. The van der Waals surface area contributed by atoms with Crippen LogP contribution in [0.2, 0.25) is 0 Å². The molecule has 3 heteroatoms. The molecule has 0 N–H and O–H groups in total. The van der Waals surface area contributed by atoms with Crippen LogP contribution in [0.5, 0.6) is 0 Å². The Labute approximate surface area is 115 Å². The molecule has 0 unspecified atom stereocenters. The molecule has 0 spiro atoms. The fourth-order valence-electron chi connectivity index (χ4n) is 3.75. The average Bonchev–Trinajstić information content (AvgIpc) is 2.34. The van der Waals surface area contributed by atoms with Crippen molar-refractivity contribution in [2.75, 3.05) is 13.2 Å². The second-order valence-electron chi connectivity index (χ2n) is 6.04. The van der Waals surface area contributed by atoms with Gasteiger partial charge in [0.05, 0.1) is 19.3 Å².